The van der Waals surface area contributed by atoms with Crippen molar-refractivity contribution in [2.24, 2.45) is 7.05 Å². The average Bonchev–Trinajstić information content (AvgIpc) is 2.56. The van der Waals surface area contributed by atoms with E-state index in [2.05, 4.69) is 10.3 Å². The van der Waals surface area contributed by atoms with E-state index < -0.39 is 0 Å². The Hall–Kier alpha value is -2.63. The Balaban J connectivity index is 2.25. The normalized spacial score (nSPS) is 10.5. The molecule has 2 aromatic rings. The molecule has 0 fully saturated rings. The first-order valence-electron chi connectivity index (χ1n) is 7.95. The zero-order chi connectivity index (χ0) is 17.9. The van der Waals surface area contributed by atoms with Crippen LogP contribution in [-0.4, -0.2) is 29.6 Å². The van der Waals surface area contributed by atoms with E-state index in [1.807, 2.05) is 45.0 Å². The monoisotopic (exact) mass is 328 g/mol. The zero-order valence-corrected chi connectivity index (χ0v) is 14.9. The van der Waals surface area contributed by atoms with Crippen molar-refractivity contribution in [1.29, 1.82) is 0 Å². The summed E-state index contributed by atoms with van der Waals surface area (Å²) in [7, 11) is 5.50. The second-order valence-electron chi connectivity index (χ2n) is 5.97. The minimum absolute atomic E-state index is 0.169. The van der Waals surface area contributed by atoms with Gasteiger partial charge in [0.15, 0.2) is 0 Å². The topological polar surface area (TPSA) is 67.2 Å². The molecule has 0 bridgehead atoms. The SMILES string of the molecule is CCc1c(C)cc(C(=O)NCc2cccnc2N(C)C)c(=O)n1C. The first kappa shape index (κ1) is 17.7. The predicted octanol–water partition coefficient (Wildman–Crippen LogP) is 1.65. The molecule has 128 valence electrons. The van der Waals surface area contributed by atoms with Crippen molar-refractivity contribution < 1.29 is 4.79 Å². The van der Waals surface area contributed by atoms with Crippen molar-refractivity contribution in [2.75, 3.05) is 19.0 Å². The minimum Gasteiger partial charge on any atom is -0.362 e. The molecule has 1 N–H and O–H groups in total. The molecule has 6 nitrogen and oxygen atoms in total. The van der Waals surface area contributed by atoms with Crippen molar-refractivity contribution in [3.8, 4) is 0 Å². The van der Waals surface area contributed by atoms with Crippen LogP contribution in [0, 0.1) is 6.92 Å². The van der Waals surface area contributed by atoms with Crippen molar-refractivity contribution in [2.45, 2.75) is 26.8 Å². The molecule has 2 aromatic heterocycles. The van der Waals surface area contributed by atoms with E-state index in [9.17, 15) is 9.59 Å². The Kier molecular flexibility index (Phi) is 5.39. The third kappa shape index (κ3) is 3.48. The molecule has 0 aliphatic rings. The van der Waals surface area contributed by atoms with Gasteiger partial charge in [0.1, 0.15) is 11.4 Å². The lowest BCUT2D eigenvalue weighted by Crippen LogP contribution is -2.33. The number of amides is 1. The summed E-state index contributed by atoms with van der Waals surface area (Å²) in [6.07, 6.45) is 2.46. The summed E-state index contributed by atoms with van der Waals surface area (Å²) in [5.41, 5.74) is 2.69. The molecule has 6 heteroatoms. The number of hydrogen-bond donors (Lipinski definition) is 1. The van der Waals surface area contributed by atoms with Crippen LogP contribution in [0.15, 0.2) is 29.2 Å². The van der Waals surface area contributed by atoms with Gasteiger partial charge < -0.3 is 14.8 Å². The van der Waals surface area contributed by atoms with Crippen LogP contribution in [0.2, 0.25) is 0 Å². The fourth-order valence-electron chi connectivity index (χ4n) is 2.85. The van der Waals surface area contributed by atoms with Crippen molar-refractivity contribution in [3.63, 3.8) is 0 Å². The molecule has 0 radical (unpaired) electrons. The summed E-state index contributed by atoms with van der Waals surface area (Å²) in [6, 6.07) is 5.41. The van der Waals surface area contributed by atoms with E-state index >= 15 is 0 Å². The number of rotatable bonds is 5. The summed E-state index contributed by atoms with van der Waals surface area (Å²) < 4.78 is 1.56. The molecule has 0 aliphatic heterocycles. The lowest BCUT2D eigenvalue weighted by Gasteiger charge is -2.16. The molecule has 0 atom stereocenters. The number of anilines is 1. The Bertz CT molecular complexity index is 809. The average molecular weight is 328 g/mol. The van der Waals surface area contributed by atoms with Gasteiger partial charge in [0.2, 0.25) is 0 Å². The Morgan fingerprint density at radius 2 is 2.08 bits per heavy atom. The van der Waals surface area contributed by atoms with E-state index in [1.165, 1.54) is 0 Å². The minimum atomic E-state index is -0.366. The standard InChI is InChI=1S/C18H24N4O2/c1-6-15-12(2)10-14(18(24)22(15)5)17(23)20-11-13-8-7-9-19-16(13)21(3)4/h7-10H,6,11H2,1-5H3,(H,20,23). The summed E-state index contributed by atoms with van der Waals surface area (Å²) in [6.45, 7) is 4.23. The molecule has 24 heavy (non-hydrogen) atoms. The number of aryl methyl sites for hydroxylation is 1. The van der Waals surface area contributed by atoms with Gasteiger partial charge in [0.05, 0.1) is 0 Å². The summed E-state index contributed by atoms with van der Waals surface area (Å²) in [5.74, 6) is 0.429. The van der Waals surface area contributed by atoms with Gasteiger partial charge in [0, 0.05) is 45.1 Å². The number of carbonyl (C=O) groups excluding carboxylic acids is 1. The fourth-order valence-corrected chi connectivity index (χ4v) is 2.85. The first-order chi connectivity index (χ1) is 11.4. The van der Waals surface area contributed by atoms with E-state index in [4.69, 9.17) is 0 Å². The molecule has 0 saturated carbocycles. The predicted molar refractivity (Wildman–Crippen MR) is 95.5 cm³/mol. The van der Waals surface area contributed by atoms with Crippen LogP contribution in [-0.2, 0) is 20.0 Å². The largest absolute Gasteiger partial charge is 0.362 e. The molecule has 2 heterocycles. The second kappa shape index (κ2) is 7.29. The smallest absolute Gasteiger partial charge is 0.263 e. The summed E-state index contributed by atoms with van der Waals surface area (Å²) in [4.78, 5) is 31.1. The van der Waals surface area contributed by atoms with Gasteiger partial charge in [-0.05, 0) is 31.0 Å². The lowest BCUT2D eigenvalue weighted by atomic mass is 10.1. The zero-order valence-electron chi connectivity index (χ0n) is 14.9. The summed E-state index contributed by atoms with van der Waals surface area (Å²) in [5, 5.41) is 2.82. The Labute approximate surface area is 142 Å². The molecule has 0 spiro atoms. The van der Waals surface area contributed by atoms with Crippen LogP contribution in [0.25, 0.3) is 0 Å². The molecule has 0 saturated heterocycles. The van der Waals surface area contributed by atoms with Gasteiger partial charge in [-0.2, -0.15) is 0 Å². The second-order valence-corrected chi connectivity index (χ2v) is 5.97. The van der Waals surface area contributed by atoms with E-state index in [0.29, 0.717) is 6.54 Å². The molecular weight excluding hydrogens is 304 g/mol. The fraction of sp³-hybridized carbons (Fsp3) is 0.389. The maximum absolute atomic E-state index is 12.5. The van der Waals surface area contributed by atoms with Crippen LogP contribution in [0.4, 0.5) is 5.82 Å². The van der Waals surface area contributed by atoms with Gasteiger partial charge in [-0.1, -0.05) is 13.0 Å². The van der Waals surface area contributed by atoms with E-state index in [0.717, 1.165) is 29.1 Å². The lowest BCUT2D eigenvalue weighted by molar-refractivity contribution is 0.0948. The van der Waals surface area contributed by atoms with Crippen LogP contribution in [0.5, 0.6) is 0 Å². The van der Waals surface area contributed by atoms with Gasteiger partial charge in [-0.3, -0.25) is 9.59 Å². The first-order valence-corrected chi connectivity index (χ1v) is 7.95. The molecule has 0 unspecified atom stereocenters. The Morgan fingerprint density at radius 1 is 1.38 bits per heavy atom. The number of aromatic nitrogens is 2. The van der Waals surface area contributed by atoms with Gasteiger partial charge in [-0.25, -0.2) is 4.98 Å². The number of pyridine rings is 2. The van der Waals surface area contributed by atoms with Crippen LogP contribution in [0.1, 0.15) is 34.1 Å². The van der Waals surface area contributed by atoms with Crippen molar-refractivity contribution in [1.82, 2.24) is 14.9 Å². The highest BCUT2D eigenvalue weighted by Gasteiger charge is 2.16. The molecule has 0 aromatic carbocycles. The van der Waals surface area contributed by atoms with Gasteiger partial charge in [0.25, 0.3) is 11.5 Å². The highest BCUT2D eigenvalue weighted by atomic mass is 16.2. The highest BCUT2D eigenvalue weighted by molar-refractivity contribution is 5.94. The third-order valence-electron chi connectivity index (χ3n) is 4.07. The summed E-state index contributed by atoms with van der Waals surface area (Å²) >= 11 is 0. The third-order valence-corrected chi connectivity index (χ3v) is 4.07. The number of carbonyl (C=O) groups is 1. The quantitative estimate of drug-likeness (QED) is 0.906. The van der Waals surface area contributed by atoms with Crippen molar-refractivity contribution in [3.05, 3.63) is 57.1 Å². The molecular formula is C18H24N4O2. The van der Waals surface area contributed by atoms with E-state index in [-0.39, 0.29) is 17.0 Å². The molecule has 0 aliphatic carbocycles. The van der Waals surface area contributed by atoms with Crippen LogP contribution >= 0.6 is 0 Å². The number of nitrogens with one attached hydrogen (secondary N) is 1. The maximum atomic E-state index is 12.5. The van der Waals surface area contributed by atoms with Crippen LogP contribution in [0.3, 0.4) is 0 Å². The van der Waals surface area contributed by atoms with Gasteiger partial charge in [-0.15, -0.1) is 0 Å². The maximum Gasteiger partial charge on any atom is 0.263 e. The van der Waals surface area contributed by atoms with Gasteiger partial charge >= 0.3 is 0 Å². The number of hydrogen-bond acceptors (Lipinski definition) is 4. The number of nitrogens with zero attached hydrogens (tertiary/aromatic N) is 3. The molecule has 2 rings (SSSR count). The van der Waals surface area contributed by atoms with Crippen LogP contribution < -0.4 is 15.8 Å². The highest BCUT2D eigenvalue weighted by Crippen LogP contribution is 2.14. The van der Waals surface area contributed by atoms with Crippen molar-refractivity contribution >= 4 is 11.7 Å². The Morgan fingerprint density at radius 3 is 2.71 bits per heavy atom. The van der Waals surface area contributed by atoms with E-state index in [1.54, 1.807) is 23.9 Å². The molecule has 1 amide bonds.